The molecule has 0 aliphatic carbocycles. The predicted molar refractivity (Wildman–Crippen MR) is 66.8 cm³/mol. The van der Waals surface area contributed by atoms with Gasteiger partial charge in [-0.2, -0.15) is 0 Å². The molecule has 0 saturated carbocycles. The van der Waals surface area contributed by atoms with E-state index in [1.54, 1.807) is 6.33 Å². The second kappa shape index (κ2) is 5.30. The molecule has 88 valence electrons. The normalized spacial score (nSPS) is 10.2. The first-order chi connectivity index (χ1) is 8.28. The Morgan fingerprint density at radius 1 is 1.47 bits per heavy atom. The van der Waals surface area contributed by atoms with Gasteiger partial charge in [0.2, 0.25) is 5.91 Å². The van der Waals surface area contributed by atoms with Gasteiger partial charge in [-0.15, -0.1) is 0 Å². The fourth-order valence-corrected chi connectivity index (χ4v) is 1.61. The van der Waals surface area contributed by atoms with E-state index < -0.39 is 0 Å². The molecule has 2 rings (SSSR count). The van der Waals surface area contributed by atoms with Crippen molar-refractivity contribution in [3.05, 3.63) is 48.0 Å². The second-order valence-corrected chi connectivity index (χ2v) is 3.84. The van der Waals surface area contributed by atoms with Crippen LogP contribution in [0.3, 0.4) is 0 Å². The summed E-state index contributed by atoms with van der Waals surface area (Å²) in [7, 11) is 0. The number of H-pyrrole nitrogens is 1. The third-order valence-electron chi connectivity index (χ3n) is 2.47. The Labute approximate surface area is 100 Å². The molecule has 0 atom stereocenters. The number of hydrogen-bond donors (Lipinski definition) is 2. The molecule has 0 bridgehead atoms. The van der Waals surface area contributed by atoms with Gasteiger partial charge in [0.15, 0.2) is 0 Å². The maximum Gasteiger partial charge on any atom is 0.224 e. The Balaban J connectivity index is 2.08. The molecule has 17 heavy (non-hydrogen) atoms. The number of rotatable bonds is 4. The largest absolute Gasteiger partial charge is 0.351 e. The van der Waals surface area contributed by atoms with E-state index in [-0.39, 0.29) is 5.91 Å². The molecular weight excluding hydrogens is 214 g/mol. The minimum absolute atomic E-state index is 0.0296. The van der Waals surface area contributed by atoms with Crippen LogP contribution >= 0.6 is 0 Å². The highest BCUT2D eigenvalue weighted by Gasteiger charge is 2.02. The van der Waals surface area contributed by atoms with Crippen LogP contribution in [0.2, 0.25) is 0 Å². The van der Waals surface area contributed by atoms with Crippen molar-refractivity contribution in [2.24, 2.45) is 0 Å². The van der Waals surface area contributed by atoms with Crippen LogP contribution in [0.15, 0.2) is 36.8 Å². The van der Waals surface area contributed by atoms with Crippen LogP contribution in [0.25, 0.3) is 0 Å². The van der Waals surface area contributed by atoms with Crippen molar-refractivity contribution >= 4 is 11.6 Å². The minimum atomic E-state index is 0.0296. The van der Waals surface area contributed by atoms with E-state index in [2.05, 4.69) is 15.3 Å². The third kappa shape index (κ3) is 3.17. The van der Waals surface area contributed by atoms with Crippen LogP contribution < -0.4 is 5.32 Å². The molecule has 0 saturated heterocycles. The monoisotopic (exact) mass is 229 g/mol. The molecule has 1 amide bonds. The van der Waals surface area contributed by atoms with Gasteiger partial charge in [-0.3, -0.25) is 4.79 Å². The Morgan fingerprint density at radius 3 is 3.06 bits per heavy atom. The highest BCUT2D eigenvalue weighted by molar-refractivity contribution is 5.90. The number of hydrogen-bond acceptors (Lipinski definition) is 2. The number of nitrogens with one attached hydrogen (secondary N) is 2. The number of benzene rings is 1. The zero-order chi connectivity index (χ0) is 12.1. The quantitative estimate of drug-likeness (QED) is 0.845. The molecule has 1 aromatic heterocycles. The summed E-state index contributed by atoms with van der Waals surface area (Å²) in [5.41, 5.74) is 2.96. The Morgan fingerprint density at radius 2 is 2.35 bits per heavy atom. The first kappa shape index (κ1) is 11.4. The first-order valence-corrected chi connectivity index (χ1v) is 5.64. The van der Waals surface area contributed by atoms with Gasteiger partial charge < -0.3 is 10.3 Å². The molecule has 4 nitrogen and oxygen atoms in total. The van der Waals surface area contributed by atoms with E-state index in [0.717, 1.165) is 23.4 Å². The Kier molecular flexibility index (Phi) is 3.55. The molecule has 2 N–H and O–H groups in total. The number of imidazole rings is 1. The van der Waals surface area contributed by atoms with Gasteiger partial charge >= 0.3 is 0 Å². The van der Waals surface area contributed by atoms with E-state index in [0.29, 0.717) is 6.42 Å². The third-order valence-corrected chi connectivity index (χ3v) is 2.47. The van der Waals surface area contributed by atoms with E-state index in [1.807, 2.05) is 37.4 Å². The Hall–Kier alpha value is -2.10. The summed E-state index contributed by atoms with van der Waals surface area (Å²) in [5, 5.41) is 2.84. The number of nitrogens with zero attached hydrogens (tertiary/aromatic N) is 1. The van der Waals surface area contributed by atoms with E-state index in [1.165, 1.54) is 0 Å². The van der Waals surface area contributed by atoms with E-state index >= 15 is 0 Å². The molecular formula is C13H15N3O. The summed E-state index contributed by atoms with van der Waals surface area (Å²) in [5.74, 6) is 0.0296. The molecule has 1 heterocycles. The molecule has 0 radical (unpaired) electrons. The maximum atomic E-state index is 11.3. The van der Waals surface area contributed by atoms with E-state index in [4.69, 9.17) is 0 Å². The molecule has 0 aliphatic rings. The molecule has 1 aromatic carbocycles. The fourth-order valence-electron chi connectivity index (χ4n) is 1.61. The van der Waals surface area contributed by atoms with Crippen LogP contribution in [0.4, 0.5) is 5.69 Å². The van der Waals surface area contributed by atoms with Crippen molar-refractivity contribution in [2.75, 3.05) is 5.32 Å². The molecule has 0 spiro atoms. The highest BCUT2D eigenvalue weighted by Crippen LogP contribution is 2.13. The van der Waals surface area contributed by atoms with Gasteiger partial charge in [-0.25, -0.2) is 4.98 Å². The zero-order valence-corrected chi connectivity index (χ0v) is 9.73. The first-order valence-electron chi connectivity index (χ1n) is 5.64. The van der Waals surface area contributed by atoms with E-state index in [9.17, 15) is 4.79 Å². The maximum absolute atomic E-state index is 11.3. The highest BCUT2D eigenvalue weighted by atomic mass is 16.1. The lowest BCUT2D eigenvalue weighted by atomic mass is 10.1. The number of carbonyl (C=O) groups excluding carboxylic acids is 1. The van der Waals surface area contributed by atoms with Gasteiger partial charge in [0.1, 0.15) is 0 Å². The summed E-state index contributed by atoms with van der Waals surface area (Å²) in [6, 6.07) is 7.83. The molecule has 0 fully saturated rings. The van der Waals surface area contributed by atoms with Crippen molar-refractivity contribution < 1.29 is 4.79 Å². The Bertz CT molecular complexity index is 491. The average Bonchev–Trinajstić information content (AvgIpc) is 2.82. The van der Waals surface area contributed by atoms with Gasteiger partial charge in [0.05, 0.1) is 12.0 Å². The zero-order valence-electron chi connectivity index (χ0n) is 9.73. The SMILES string of the molecule is CCC(=O)Nc1cccc(Cc2c[nH]cn2)c1. The molecule has 4 heteroatoms. The van der Waals surface area contributed by atoms with Crippen molar-refractivity contribution in [3.8, 4) is 0 Å². The molecule has 2 aromatic rings. The van der Waals surface area contributed by atoms with Crippen molar-refractivity contribution in [3.63, 3.8) is 0 Å². The second-order valence-electron chi connectivity index (χ2n) is 3.84. The van der Waals surface area contributed by atoms with Gasteiger partial charge in [0, 0.05) is 24.7 Å². The molecule has 0 aliphatic heterocycles. The fraction of sp³-hybridized carbons (Fsp3) is 0.231. The lowest BCUT2D eigenvalue weighted by Crippen LogP contribution is -2.09. The number of anilines is 1. The number of aromatic nitrogens is 2. The van der Waals surface area contributed by atoms with Crippen LogP contribution in [-0.2, 0) is 11.2 Å². The van der Waals surface area contributed by atoms with Crippen molar-refractivity contribution in [1.82, 2.24) is 9.97 Å². The number of amides is 1. The van der Waals surface area contributed by atoms with Crippen molar-refractivity contribution in [2.45, 2.75) is 19.8 Å². The van der Waals surface area contributed by atoms with Crippen LogP contribution in [0.5, 0.6) is 0 Å². The summed E-state index contributed by atoms with van der Waals surface area (Å²) in [6.45, 7) is 1.84. The van der Waals surface area contributed by atoms with Gasteiger partial charge in [0.25, 0.3) is 0 Å². The summed E-state index contributed by atoms with van der Waals surface area (Å²) in [4.78, 5) is 18.4. The van der Waals surface area contributed by atoms with Crippen LogP contribution in [0.1, 0.15) is 24.6 Å². The van der Waals surface area contributed by atoms with Gasteiger partial charge in [-0.1, -0.05) is 19.1 Å². The van der Waals surface area contributed by atoms with Crippen molar-refractivity contribution in [1.29, 1.82) is 0 Å². The standard InChI is InChI=1S/C13H15N3O/c1-2-13(17)16-11-5-3-4-10(6-11)7-12-8-14-9-15-12/h3-6,8-9H,2,7H2,1H3,(H,14,15)(H,16,17). The van der Waals surface area contributed by atoms with Gasteiger partial charge in [-0.05, 0) is 17.7 Å². The topological polar surface area (TPSA) is 57.8 Å². The average molecular weight is 229 g/mol. The minimum Gasteiger partial charge on any atom is -0.351 e. The molecule has 0 unspecified atom stereocenters. The number of aromatic amines is 1. The predicted octanol–water partition coefficient (Wildman–Crippen LogP) is 2.35. The lowest BCUT2D eigenvalue weighted by molar-refractivity contribution is -0.115. The number of carbonyl (C=O) groups is 1. The van der Waals surface area contributed by atoms with Crippen LogP contribution in [0, 0.1) is 0 Å². The smallest absolute Gasteiger partial charge is 0.224 e. The lowest BCUT2D eigenvalue weighted by Gasteiger charge is -2.05. The summed E-state index contributed by atoms with van der Waals surface area (Å²) < 4.78 is 0. The van der Waals surface area contributed by atoms with Crippen LogP contribution in [-0.4, -0.2) is 15.9 Å². The summed E-state index contributed by atoms with van der Waals surface area (Å²) >= 11 is 0. The summed E-state index contributed by atoms with van der Waals surface area (Å²) in [6.07, 6.45) is 4.79.